The maximum absolute atomic E-state index is 12.8. The lowest BCUT2D eigenvalue weighted by Gasteiger charge is -2.34. The third-order valence-corrected chi connectivity index (χ3v) is 11.6. The molecule has 0 radical (unpaired) electrons. The highest BCUT2D eigenvalue weighted by Crippen LogP contribution is 2.15. The SMILES string of the molecule is CC/C=C/C/C=C/C/C=C/CCCCCCCCCCCCCCCC(=O)OCC(COCCC(C(=O)[O-])[N+](C)(C)C)OC(=O)CCCCCCCCC/C=C/C/C=C/CCCCC. The van der Waals surface area contributed by atoms with Crippen LogP contribution in [0.5, 0.6) is 0 Å². The molecular weight excluding hydrogens is 799 g/mol. The van der Waals surface area contributed by atoms with Gasteiger partial charge in [-0.3, -0.25) is 9.59 Å². The van der Waals surface area contributed by atoms with Crippen LogP contribution in [-0.2, 0) is 28.6 Å². The van der Waals surface area contributed by atoms with E-state index in [-0.39, 0.29) is 42.7 Å². The molecule has 0 aliphatic carbocycles. The number of carboxylic acid groups (broad SMARTS) is 1. The van der Waals surface area contributed by atoms with Crippen LogP contribution in [0.1, 0.15) is 226 Å². The van der Waals surface area contributed by atoms with Crippen LogP contribution in [0.25, 0.3) is 0 Å². The van der Waals surface area contributed by atoms with Gasteiger partial charge in [0.1, 0.15) is 12.6 Å². The number of likely N-dealkylation sites (N-methyl/N-ethyl adjacent to an activating group) is 1. The third kappa shape index (κ3) is 44.2. The van der Waals surface area contributed by atoms with Crippen molar-refractivity contribution >= 4 is 17.9 Å². The smallest absolute Gasteiger partial charge is 0.306 e. The number of unbranched alkanes of at least 4 members (excludes halogenated alkanes) is 23. The highest BCUT2D eigenvalue weighted by Gasteiger charge is 2.25. The molecule has 0 fully saturated rings. The van der Waals surface area contributed by atoms with Crippen molar-refractivity contribution in [1.29, 1.82) is 0 Å². The minimum Gasteiger partial charge on any atom is -0.544 e. The van der Waals surface area contributed by atoms with E-state index in [9.17, 15) is 19.5 Å². The van der Waals surface area contributed by atoms with Crippen molar-refractivity contribution in [2.45, 2.75) is 238 Å². The van der Waals surface area contributed by atoms with Crippen molar-refractivity contribution in [3.05, 3.63) is 60.8 Å². The van der Waals surface area contributed by atoms with Gasteiger partial charge in [0.15, 0.2) is 6.10 Å². The Morgan fingerprint density at radius 1 is 0.484 bits per heavy atom. The maximum atomic E-state index is 12.8. The van der Waals surface area contributed by atoms with E-state index in [0.717, 1.165) is 70.6 Å². The molecule has 0 spiro atoms. The zero-order valence-electron chi connectivity index (χ0n) is 42.2. The van der Waals surface area contributed by atoms with Crippen LogP contribution < -0.4 is 5.11 Å². The van der Waals surface area contributed by atoms with E-state index >= 15 is 0 Å². The van der Waals surface area contributed by atoms with E-state index in [1.807, 2.05) is 0 Å². The summed E-state index contributed by atoms with van der Waals surface area (Å²) in [5.41, 5.74) is 0. The largest absolute Gasteiger partial charge is 0.544 e. The Hall–Kier alpha value is -2.97. The van der Waals surface area contributed by atoms with Gasteiger partial charge in [-0.05, 0) is 77.0 Å². The van der Waals surface area contributed by atoms with Crippen molar-refractivity contribution in [3.8, 4) is 0 Å². The Morgan fingerprint density at radius 3 is 1.30 bits per heavy atom. The van der Waals surface area contributed by atoms with Gasteiger partial charge in [0, 0.05) is 19.3 Å². The third-order valence-electron chi connectivity index (χ3n) is 11.6. The normalized spacial score (nSPS) is 13.3. The van der Waals surface area contributed by atoms with Crippen molar-refractivity contribution in [2.75, 3.05) is 41.0 Å². The molecule has 8 nitrogen and oxygen atoms in total. The number of nitrogens with zero attached hydrogens (tertiary/aromatic N) is 1. The van der Waals surface area contributed by atoms with Gasteiger partial charge in [-0.25, -0.2) is 0 Å². The van der Waals surface area contributed by atoms with Crippen molar-refractivity contribution in [2.24, 2.45) is 0 Å². The van der Waals surface area contributed by atoms with E-state index < -0.39 is 18.1 Å². The second-order valence-electron chi connectivity index (χ2n) is 18.7. The van der Waals surface area contributed by atoms with E-state index in [1.165, 1.54) is 122 Å². The molecule has 0 N–H and O–H groups in total. The summed E-state index contributed by atoms with van der Waals surface area (Å²) in [5, 5.41) is 11.7. The Morgan fingerprint density at radius 2 is 0.875 bits per heavy atom. The molecular formula is C56H99NO7. The first kappa shape index (κ1) is 61.0. The minimum atomic E-state index is -1.13. The second-order valence-corrected chi connectivity index (χ2v) is 18.7. The molecule has 64 heavy (non-hydrogen) atoms. The summed E-state index contributed by atoms with van der Waals surface area (Å²) in [6.07, 6.45) is 58.2. The number of carboxylic acids is 1. The molecule has 0 saturated heterocycles. The fourth-order valence-corrected chi connectivity index (χ4v) is 7.59. The van der Waals surface area contributed by atoms with Crippen LogP contribution in [0.4, 0.5) is 0 Å². The Balaban J connectivity index is 4.20. The topological polar surface area (TPSA) is 102 Å². The number of rotatable bonds is 47. The first-order valence-electron chi connectivity index (χ1n) is 26.3. The maximum Gasteiger partial charge on any atom is 0.306 e. The highest BCUT2D eigenvalue weighted by molar-refractivity contribution is 5.70. The van der Waals surface area contributed by atoms with Gasteiger partial charge in [0.2, 0.25) is 0 Å². The van der Waals surface area contributed by atoms with Crippen LogP contribution in [0.3, 0.4) is 0 Å². The van der Waals surface area contributed by atoms with Gasteiger partial charge >= 0.3 is 11.9 Å². The summed E-state index contributed by atoms with van der Waals surface area (Å²) >= 11 is 0. The van der Waals surface area contributed by atoms with Gasteiger partial charge in [-0.2, -0.15) is 0 Å². The molecule has 0 aliphatic heterocycles. The average Bonchev–Trinajstić information content (AvgIpc) is 3.26. The average molecular weight is 898 g/mol. The summed E-state index contributed by atoms with van der Waals surface area (Å²) in [5.74, 6) is -1.74. The summed E-state index contributed by atoms with van der Waals surface area (Å²) in [7, 11) is 5.41. The standard InChI is InChI=1S/C56H99NO7/c1-6-8-10-12-14-16-18-20-22-24-25-26-27-28-29-31-32-34-36-38-40-42-44-46-54(58)63-51-52(50-62-49-48-53(56(60)61)57(3,4)5)64-55(59)47-45-43-41-39-37-35-33-30-23-21-19-17-15-13-11-9-7-2/h8,10,14-17,20-23,52-53H,6-7,9,11-13,18-19,24-51H2,1-5H3/b10-8+,16-14+,17-15+,22-20+,23-21+. The summed E-state index contributed by atoms with van der Waals surface area (Å²) in [4.78, 5) is 37.1. The second kappa shape index (κ2) is 46.6. The number of carbonyl (C=O) groups excluding carboxylic acids is 3. The zero-order chi connectivity index (χ0) is 47.0. The fraction of sp³-hybridized carbons (Fsp3) is 0.768. The van der Waals surface area contributed by atoms with Gasteiger partial charge in [0.25, 0.3) is 0 Å². The molecule has 2 atom stereocenters. The van der Waals surface area contributed by atoms with E-state index in [4.69, 9.17) is 14.2 Å². The molecule has 8 heteroatoms. The molecule has 0 bridgehead atoms. The van der Waals surface area contributed by atoms with Gasteiger partial charge < -0.3 is 28.6 Å². The number of aliphatic carboxylic acids is 1. The lowest BCUT2D eigenvalue weighted by atomic mass is 10.0. The molecule has 0 saturated carbocycles. The first-order valence-corrected chi connectivity index (χ1v) is 26.3. The van der Waals surface area contributed by atoms with Crippen LogP contribution >= 0.6 is 0 Å². The Labute approximate surface area is 394 Å². The van der Waals surface area contributed by atoms with E-state index in [2.05, 4.69) is 74.6 Å². The monoisotopic (exact) mass is 898 g/mol. The Kier molecular flexibility index (Phi) is 44.4. The van der Waals surface area contributed by atoms with Crippen molar-refractivity contribution in [3.63, 3.8) is 0 Å². The number of hydrogen-bond acceptors (Lipinski definition) is 7. The fourth-order valence-electron chi connectivity index (χ4n) is 7.59. The molecule has 0 aromatic rings. The number of esters is 2. The molecule has 0 aromatic carbocycles. The molecule has 0 aliphatic rings. The van der Waals surface area contributed by atoms with Gasteiger partial charge in [-0.1, -0.05) is 190 Å². The predicted molar refractivity (Wildman–Crippen MR) is 268 cm³/mol. The number of ether oxygens (including phenoxy) is 3. The lowest BCUT2D eigenvalue weighted by molar-refractivity contribution is -0.889. The first-order chi connectivity index (χ1) is 31.1. The molecule has 0 amide bonds. The lowest BCUT2D eigenvalue weighted by Crippen LogP contribution is -2.55. The number of carbonyl (C=O) groups is 3. The van der Waals surface area contributed by atoms with Crippen molar-refractivity contribution < 1.29 is 38.2 Å². The Bertz CT molecular complexity index is 1230. The molecule has 0 heterocycles. The van der Waals surface area contributed by atoms with Gasteiger partial charge in [-0.15, -0.1) is 0 Å². The molecule has 370 valence electrons. The summed E-state index contributed by atoms with van der Waals surface area (Å²) in [6.45, 7) is 4.54. The number of allylic oxidation sites excluding steroid dienone is 10. The van der Waals surface area contributed by atoms with Crippen LogP contribution in [0.2, 0.25) is 0 Å². The number of quaternary nitrogens is 1. The summed E-state index contributed by atoms with van der Waals surface area (Å²) < 4.78 is 17.3. The summed E-state index contributed by atoms with van der Waals surface area (Å²) in [6, 6.07) is -0.729. The van der Waals surface area contributed by atoms with Crippen LogP contribution in [-0.4, -0.2) is 75.5 Å². The zero-order valence-corrected chi connectivity index (χ0v) is 42.2. The van der Waals surface area contributed by atoms with Gasteiger partial charge in [0.05, 0.1) is 40.3 Å². The quantitative estimate of drug-likeness (QED) is 0.0259. The predicted octanol–water partition coefficient (Wildman–Crippen LogP) is 14.0. The molecule has 2 unspecified atom stereocenters. The van der Waals surface area contributed by atoms with Crippen LogP contribution in [0, 0.1) is 0 Å². The molecule has 0 rings (SSSR count). The van der Waals surface area contributed by atoms with E-state index in [0.29, 0.717) is 12.8 Å². The number of hydrogen-bond donors (Lipinski definition) is 0. The molecule has 0 aromatic heterocycles. The van der Waals surface area contributed by atoms with E-state index in [1.54, 1.807) is 21.1 Å². The minimum absolute atomic E-state index is 0.0368. The van der Waals surface area contributed by atoms with Crippen LogP contribution in [0.15, 0.2) is 60.8 Å². The van der Waals surface area contributed by atoms with Crippen molar-refractivity contribution in [1.82, 2.24) is 0 Å². The highest BCUT2D eigenvalue weighted by atomic mass is 16.6.